The van der Waals surface area contributed by atoms with Gasteiger partial charge in [-0.05, 0) is 79.5 Å². The van der Waals surface area contributed by atoms with Crippen molar-refractivity contribution in [1.82, 2.24) is 40.5 Å². The van der Waals surface area contributed by atoms with Gasteiger partial charge in [-0.15, -0.1) is 21.5 Å². The molecule has 2 aromatic heterocycles. The maximum atomic E-state index is 14.1. The number of thiazole rings is 1. The molecule has 18 nitrogen and oxygen atoms in total. The number of amides is 4. The molecule has 77 heavy (non-hydrogen) atoms. The first kappa shape index (κ1) is 54.9. The number of benzene rings is 3. The number of piperazine rings is 2. The third-order valence-electron chi connectivity index (χ3n) is 15.6. The fraction of sp³-hybridized carbons (Fsp3) is 0.500. The summed E-state index contributed by atoms with van der Waals surface area (Å²) in [7, 11) is 0. The molecule has 410 valence electrons. The number of aromatic hydroxyl groups is 1. The maximum absolute atomic E-state index is 14.1. The molecule has 6 N–H and O–H groups in total. The van der Waals surface area contributed by atoms with Gasteiger partial charge in [0.2, 0.25) is 23.6 Å². The lowest BCUT2D eigenvalue weighted by Crippen LogP contribution is -2.57. The molecule has 0 radical (unpaired) electrons. The minimum Gasteiger partial charge on any atom is -0.507 e. The average molecular weight is 1070 g/mol. The molecule has 4 saturated heterocycles. The zero-order chi connectivity index (χ0) is 54.2. The van der Waals surface area contributed by atoms with Gasteiger partial charge >= 0.3 is 0 Å². The van der Waals surface area contributed by atoms with Gasteiger partial charge in [-0.1, -0.05) is 76.1 Å². The number of nitrogen functional groups attached to an aromatic ring is 1. The van der Waals surface area contributed by atoms with E-state index in [4.69, 9.17) is 10.5 Å². The van der Waals surface area contributed by atoms with Gasteiger partial charge in [0.25, 0.3) is 0 Å². The van der Waals surface area contributed by atoms with Crippen LogP contribution in [-0.4, -0.2) is 153 Å². The number of para-hydroxylation sites is 1. The predicted molar refractivity (Wildman–Crippen MR) is 299 cm³/mol. The van der Waals surface area contributed by atoms with Crippen molar-refractivity contribution < 1.29 is 34.1 Å². The van der Waals surface area contributed by atoms with Crippen LogP contribution >= 0.6 is 11.3 Å². The molecule has 0 aliphatic carbocycles. The summed E-state index contributed by atoms with van der Waals surface area (Å²) in [5, 5.41) is 35.5. The first-order valence-electron chi connectivity index (χ1n) is 27.3. The van der Waals surface area contributed by atoms with Gasteiger partial charge in [0, 0.05) is 108 Å². The predicted octanol–water partition coefficient (Wildman–Crippen LogP) is 6.39. The average Bonchev–Trinajstić information content (AvgIpc) is 4.14. The molecular formula is C58H75N11O7S. The first-order chi connectivity index (χ1) is 37.1. The first-order valence-corrected chi connectivity index (χ1v) is 28.2. The van der Waals surface area contributed by atoms with Crippen molar-refractivity contribution in [2.45, 2.75) is 122 Å². The lowest BCUT2D eigenvalue weighted by atomic mass is 9.85. The Bertz CT molecular complexity index is 2840. The van der Waals surface area contributed by atoms with Gasteiger partial charge in [0.05, 0.1) is 33.6 Å². The molecule has 0 saturated carbocycles. The number of nitrogens with two attached hydrogens (primary N) is 1. The summed E-state index contributed by atoms with van der Waals surface area (Å²) in [5.41, 5.74) is 13.7. The third kappa shape index (κ3) is 13.5. The second-order valence-corrected chi connectivity index (χ2v) is 23.0. The number of nitrogens with zero attached hydrogens (tertiary/aromatic N) is 8. The largest absolute Gasteiger partial charge is 0.507 e. The van der Waals surface area contributed by atoms with Crippen LogP contribution in [0.2, 0.25) is 0 Å². The number of carbonyl (C=O) groups excluding carboxylic acids is 4. The van der Waals surface area contributed by atoms with Crippen molar-refractivity contribution in [2.75, 3.05) is 74.5 Å². The summed E-state index contributed by atoms with van der Waals surface area (Å²) < 4.78 is 6.31. The van der Waals surface area contributed by atoms with E-state index >= 15 is 0 Å². The number of rotatable bonds is 20. The molecule has 4 fully saturated rings. The molecular weight excluding hydrogens is 995 g/mol. The van der Waals surface area contributed by atoms with Crippen LogP contribution < -0.4 is 30.9 Å². The number of phenolic OH excluding ortho intramolecular Hbond substituents is 1. The van der Waals surface area contributed by atoms with Gasteiger partial charge in [0.15, 0.2) is 5.82 Å². The molecule has 6 heterocycles. The minimum absolute atomic E-state index is 0.0143. The van der Waals surface area contributed by atoms with Crippen LogP contribution in [0.5, 0.6) is 11.5 Å². The van der Waals surface area contributed by atoms with Gasteiger partial charge in [-0.3, -0.25) is 24.1 Å². The van der Waals surface area contributed by atoms with Crippen LogP contribution in [-0.2, 0) is 25.7 Å². The van der Waals surface area contributed by atoms with Crippen LogP contribution in [0.4, 0.5) is 17.2 Å². The van der Waals surface area contributed by atoms with Crippen LogP contribution in [0, 0.1) is 12.3 Å². The Morgan fingerprint density at radius 3 is 2.30 bits per heavy atom. The Kier molecular flexibility index (Phi) is 17.6. The molecule has 5 aromatic rings. The third-order valence-corrected chi connectivity index (χ3v) is 16.6. The monoisotopic (exact) mass is 1070 g/mol. The molecule has 4 aliphatic heterocycles. The topological polar surface area (TPSA) is 223 Å². The maximum Gasteiger partial charge on any atom is 0.246 e. The normalized spacial score (nSPS) is 20.1. The minimum atomic E-state index is -0.886. The van der Waals surface area contributed by atoms with Crippen LogP contribution in [0.3, 0.4) is 0 Å². The molecule has 4 amide bonds. The van der Waals surface area contributed by atoms with Crippen molar-refractivity contribution in [2.24, 2.45) is 5.41 Å². The number of aryl methyl sites for hydroxylation is 1. The smallest absolute Gasteiger partial charge is 0.246 e. The summed E-state index contributed by atoms with van der Waals surface area (Å²) in [6.07, 6.45) is 5.08. The lowest BCUT2D eigenvalue weighted by molar-refractivity contribution is -0.144. The number of nitrogens with one attached hydrogen (secondary N) is 2. The summed E-state index contributed by atoms with van der Waals surface area (Å²) in [6, 6.07) is 24.2. The van der Waals surface area contributed by atoms with Gasteiger partial charge in [-0.2, -0.15) is 0 Å². The number of hydrogen-bond donors (Lipinski definition) is 5. The van der Waals surface area contributed by atoms with E-state index in [1.165, 1.54) is 4.90 Å². The number of likely N-dealkylation sites (tertiary alicyclic amines) is 1. The number of fused-ring (bicyclic) bond motifs is 2. The van der Waals surface area contributed by atoms with Crippen molar-refractivity contribution in [3.8, 4) is 33.2 Å². The van der Waals surface area contributed by atoms with Crippen LogP contribution in [0.15, 0.2) is 84.4 Å². The number of unbranched alkanes of at least 4 members (excludes halogenated alkanes) is 3. The number of ether oxygens (including phenoxy) is 1. The molecule has 0 spiro atoms. The summed E-state index contributed by atoms with van der Waals surface area (Å²) in [4.78, 5) is 70.0. The molecule has 2 unspecified atom stereocenters. The standard InChI is InChI=1S/C58H75N11O7S/c1-38-53(77-37-61-38)40-20-18-39(19-21-40)33-60-56(74)49-31-44(70)36-68(49)57(75)54(58(2,3)4)62-51(72)16-7-5-6-8-17-52(73)66-26-24-65(25-27-66)28-29-76-45-13-11-12-41(30-45)69-42-22-23-43(69)35-67(34-42)48-32-47(63-64-55(48)59)46-14-9-10-15-50(46)71/h9-15,18-21,30,32,37,42-44,49,54,70-71H,5-8,16-17,22-29,31,33-36H2,1-4H3,(H2,59,64)(H,60,74)(H,62,72)/t42?,43?,44-,49+,54+/m1/s1. The Labute approximate surface area is 456 Å². The Hall–Kier alpha value is -6.83. The summed E-state index contributed by atoms with van der Waals surface area (Å²) in [6.45, 7) is 13.7. The van der Waals surface area contributed by atoms with Gasteiger partial charge in [-0.25, -0.2) is 4.98 Å². The Morgan fingerprint density at radius 2 is 1.60 bits per heavy atom. The second kappa shape index (κ2) is 24.7. The van der Waals surface area contributed by atoms with E-state index < -0.39 is 23.6 Å². The SMILES string of the molecule is Cc1ncsc1-c1ccc(CNC(=O)[C@@H]2C[C@@H](O)CN2C(=O)[C@H](NC(=O)CCCCCCC(=O)N2CCN(CCOc3cccc(N4C5CCC4CN(c4cc(-c6ccccc6O)nnc4N)C5)c3)CC2)C(C)(C)C)cc1. The van der Waals surface area contributed by atoms with E-state index in [-0.39, 0.29) is 55.3 Å². The Balaban J connectivity index is 0.650. The van der Waals surface area contributed by atoms with E-state index in [1.54, 1.807) is 23.5 Å². The molecule has 4 aliphatic rings. The second-order valence-electron chi connectivity index (χ2n) is 22.1. The van der Waals surface area contributed by atoms with E-state index in [0.717, 1.165) is 104 Å². The van der Waals surface area contributed by atoms with Gasteiger partial charge < -0.3 is 50.9 Å². The van der Waals surface area contributed by atoms with Crippen LogP contribution in [0.1, 0.15) is 89.8 Å². The number of aliphatic hydroxyl groups excluding tert-OH is 1. The number of β-amino-alcohol motifs (C(OH)–C–C–N with tert-alkyl or cyclic N) is 1. The van der Waals surface area contributed by atoms with Crippen molar-refractivity contribution in [3.63, 3.8) is 0 Å². The van der Waals surface area contributed by atoms with Crippen molar-refractivity contribution in [1.29, 1.82) is 0 Å². The fourth-order valence-electron chi connectivity index (χ4n) is 11.3. The van der Waals surface area contributed by atoms with Gasteiger partial charge in [0.1, 0.15) is 30.2 Å². The number of aromatic nitrogens is 3. The van der Waals surface area contributed by atoms with Crippen molar-refractivity contribution >= 4 is 52.2 Å². The number of aliphatic hydroxyl groups is 1. The van der Waals surface area contributed by atoms with Crippen LogP contribution in [0.25, 0.3) is 21.7 Å². The lowest BCUT2D eigenvalue weighted by Gasteiger charge is -2.43. The highest BCUT2D eigenvalue weighted by Crippen LogP contribution is 2.40. The summed E-state index contributed by atoms with van der Waals surface area (Å²) >= 11 is 1.58. The highest BCUT2D eigenvalue weighted by molar-refractivity contribution is 7.13. The van der Waals surface area contributed by atoms with E-state index in [1.807, 2.05) is 86.6 Å². The quantitative estimate of drug-likeness (QED) is 0.0533. The molecule has 9 rings (SSSR count). The molecule has 5 atom stereocenters. The zero-order valence-corrected chi connectivity index (χ0v) is 45.7. The molecule has 2 bridgehead atoms. The summed E-state index contributed by atoms with van der Waals surface area (Å²) in [5.74, 6) is 0.562. The number of carbonyl (C=O) groups is 4. The fourth-order valence-corrected chi connectivity index (χ4v) is 12.1. The van der Waals surface area contributed by atoms with Crippen molar-refractivity contribution in [3.05, 3.63) is 95.6 Å². The highest BCUT2D eigenvalue weighted by Gasteiger charge is 2.45. The highest BCUT2D eigenvalue weighted by atomic mass is 32.1. The zero-order valence-electron chi connectivity index (χ0n) is 44.9. The number of phenols is 1. The molecule has 19 heteroatoms. The Morgan fingerprint density at radius 1 is 0.870 bits per heavy atom. The molecule has 3 aromatic carbocycles. The van der Waals surface area contributed by atoms with E-state index in [9.17, 15) is 29.4 Å². The van der Waals surface area contributed by atoms with E-state index in [0.29, 0.717) is 61.7 Å². The van der Waals surface area contributed by atoms with E-state index in [2.05, 4.69) is 58.7 Å². The number of anilines is 3. The number of hydrogen-bond acceptors (Lipinski definition) is 15.